The molecule has 0 spiro atoms. The maximum absolute atomic E-state index is 12.5. The molecule has 4 heteroatoms. The minimum atomic E-state index is -0.0952. The second-order valence-electron chi connectivity index (χ2n) is 5.70. The molecule has 122 valence electrons. The van der Waals surface area contributed by atoms with Crippen LogP contribution >= 0.6 is 0 Å². The van der Waals surface area contributed by atoms with Crippen LogP contribution in [0.4, 0.5) is 0 Å². The van der Waals surface area contributed by atoms with Crippen molar-refractivity contribution in [3.63, 3.8) is 0 Å². The molecule has 2 aromatic carbocycles. The van der Waals surface area contributed by atoms with Crippen LogP contribution in [0.25, 0.3) is 0 Å². The topological polar surface area (TPSA) is 47.6 Å². The molecule has 0 heterocycles. The van der Waals surface area contributed by atoms with Crippen molar-refractivity contribution < 1.29 is 14.3 Å². The Morgan fingerprint density at radius 1 is 0.870 bits per heavy atom. The number of nitrogens with one attached hydrogen (secondary N) is 1. The van der Waals surface area contributed by atoms with Crippen molar-refractivity contribution in [3.05, 3.63) is 59.7 Å². The van der Waals surface area contributed by atoms with E-state index in [4.69, 9.17) is 9.47 Å². The quantitative estimate of drug-likeness (QED) is 0.881. The Morgan fingerprint density at radius 2 is 1.35 bits per heavy atom. The van der Waals surface area contributed by atoms with Crippen LogP contribution in [-0.4, -0.2) is 20.1 Å². The molecule has 2 aromatic rings. The molecular weight excluding hydrogens is 290 g/mol. The Labute approximate surface area is 137 Å². The molecule has 0 aliphatic heterocycles. The van der Waals surface area contributed by atoms with Gasteiger partial charge in [-0.25, -0.2) is 0 Å². The standard InChI is InChI=1S/C19H23NO3/c1-13(2)18(14-5-9-16(22-3)10-6-14)20-19(21)15-7-11-17(23-4)12-8-15/h5-13,18H,1-4H3,(H,20,21)/t18-/m0/s1. The van der Waals surface area contributed by atoms with Crippen molar-refractivity contribution in [2.45, 2.75) is 19.9 Å². The van der Waals surface area contributed by atoms with Crippen molar-refractivity contribution in [1.82, 2.24) is 5.32 Å². The van der Waals surface area contributed by atoms with Gasteiger partial charge in [-0.15, -0.1) is 0 Å². The fourth-order valence-corrected chi connectivity index (χ4v) is 2.41. The van der Waals surface area contributed by atoms with Crippen LogP contribution in [0, 0.1) is 5.92 Å². The number of methoxy groups -OCH3 is 2. The van der Waals surface area contributed by atoms with Crippen molar-refractivity contribution in [3.8, 4) is 11.5 Å². The first-order chi connectivity index (χ1) is 11.0. The highest BCUT2D eigenvalue weighted by atomic mass is 16.5. The zero-order valence-electron chi connectivity index (χ0n) is 14.0. The van der Waals surface area contributed by atoms with E-state index >= 15 is 0 Å². The summed E-state index contributed by atoms with van der Waals surface area (Å²) in [6.07, 6.45) is 0. The van der Waals surface area contributed by atoms with Gasteiger partial charge < -0.3 is 14.8 Å². The number of amides is 1. The maximum atomic E-state index is 12.5. The minimum Gasteiger partial charge on any atom is -0.497 e. The van der Waals surface area contributed by atoms with Crippen molar-refractivity contribution in [2.24, 2.45) is 5.92 Å². The van der Waals surface area contributed by atoms with Crippen molar-refractivity contribution in [1.29, 1.82) is 0 Å². The van der Waals surface area contributed by atoms with Crippen LogP contribution in [0.2, 0.25) is 0 Å². The molecule has 0 unspecified atom stereocenters. The van der Waals surface area contributed by atoms with Crippen LogP contribution in [0.1, 0.15) is 35.8 Å². The molecule has 23 heavy (non-hydrogen) atoms. The number of hydrogen-bond acceptors (Lipinski definition) is 3. The van der Waals surface area contributed by atoms with E-state index in [-0.39, 0.29) is 17.9 Å². The molecule has 0 aliphatic carbocycles. The Hall–Kier alpha value is -2.49. The molecule has 0 aliphatic rings. The van der Waals surface area contributed by atoms with E-state index < -0.39 is 0 Å². The summed E-state index contributed by atoms with van der Waals surface area (Å²) in [6.45, 7) is 4.17. The predicted molar refractivity (Wildman–Crippen MR) is 91.0 cm³/mol. The third kappa shape index (κ3) is 4.25. The van der Waals surface area contributed by atoms with E-state index in [1.54, 1.807) is 38.5 Å². The maximum Gasteiger partial charge on any atom is 0.251 e. The highest BCUT2D eigenvalue weighted by Gasteiger charge is 2.19. The normalized spacial score (nSPS) is 11.9. The van der Waals surface area contributed by atoms with Gasteiger partial charge in [0.1, 0.15) is 11.5 Å². The molecule has 0 fully saturated rings. The highest BCUT2D eigenvalue weighted by molar-refractivity contribution is 5.94. The number of carbonyl (C=O) groups is 1. The third-order valence-electron chi connectivity index (χ3n) is 3.78. The Morgan fingerprint density at radius 3 is 1.78 bits per heavy atom. The fourth-order valence-electron chi connectivity index (χ4n) is 2.41. The lowest BCUT2D eigenvalue weighted by atomic mass is 9.95. The van der Waals surface area contributed by atoms with Gasteiger partial charge in [0.25, 0.3) is 5.91 Å². The van der Waals surface area contributed by atoms with Crippen molar-refractivity contribution >= 4 is 5.91 Å². The van der Waals surface area contributed by atoms with Crippen LogP contribution < -0.4 is 14.8 Å². The molecule has 4 nitrogen and oxygen atoms in total. The SMILES string of the molecule is COc1ccc(C(=O)N[C@H](c2ccc(OC)cc2)C(C)C)cc1. The minimum absolute atomic E-state index is 0.0597. The molecule has 0 bridgehead atoms. The number of hydrogen-bond donors (Lipinski definition) is 1. The molecule has 0 saturated heterocycles. The summed E-state index contributed by atoms with van der Waals surface area (Å²) >= 11 is 0. The van der Waals surface area contributed by atoms with E-state index in [9.17, 15) is 4.79 Å². The summed E-state index contributed by atoms with van der Waals surface area (Å²) in [7, 11) is 3.24. The van der Waals surface area contributed by atoms with E-state index in [1.165, 1.54) is 0 Å². The molecule has 1 atom stereocenters. The summed E-state index contributed by atoms with van der Waals surface area (Å²) in [5, 5.41) is 3.10. The monoisotopic (exact) mass is 313 g/mol. The third-order valence-corrected chi connectivity index (χ3v) is 3.78. The summed E-state index contributed by atoms with van der Waals surface area (Å²) in [5.41, 5.74) is 1.67. The molecule has 1 N–H and O–H groups in total. The van der Waals surface area contributed by atoms with Crippen LogP contribution in [-0.2, 0) is 0 Å². The number of carbonyl (C=O) groups excluding carboxylic acids is 1. The van der Waals surface area contributed by atoms with Crippen LogP contribution in [0.15, 0.2) is 48.5 Å². The average Bonchev–Trinajstić information content (AvgIpc) is 2.59. The molecular formula is C19H23NO3. The van der Waals surface area contributed by atoms with Gasteiger partial charge in [0.2, 0.25) is 0 Å². The average molecular weight is 313 g/mol. The zero-order chi connectivity index (χ0) is 16.8. The molecule has 2 rings (SSSR count). The highest BCUT2D eigenvalue weighted by Crippen LogP contribution is 2.24. The molecule has 1 amide bonds. The van der Waals surface area contributed by atoms with E-state index in [1.807, 2.05) is 24.3 Å². The second-order valence-corrected chi connectivity index (χ2v) is 5.70. The van der Waals surface area contributed by atoms with Crippen LogP contribution in [0.3, 0.4) is 0 Å². The lowest BCUT2D eigenvalue weighted by molar-refractivity contribution is 0.0925. The molecule has 0 radical (unpaired) electrons. The summed E-state index contributed by atoms with van der Waals surface area (Å²) in [4.78, 5) is 12.5. The summed E-state index contributed by atoms with van der Waals surface area (Å²) in [6, 6.07) is 14.8. The number of benzene rings is 2. The predicted octanol–water partition coefficient (Wildman–Crippen LogP) is 3.83. The first kappa shape index (κ1) is 16.9. The Bertz CT molecular complexity index is 633. The lowest BCUT2D eigenvalue weighted by Gasteiger charge is -2.23. The van der Waals surface area contributed by atoms with Crippen molar-refractivity contribution in [2.75, 3.05) is 14.2 Å². The first-order valence-corrected chi connectivity index (χ1v) is 7.64. The van der Waals surface area contributed by atoms with Gasteiger partial charge in [-0.05, 0) is 47.9 Å². The number of ether oxygens (including phenoxy) is 2. The van der Waals surface area contributed by atoms with Gasteiger partial charge in [-0.1, -0.05) is 26.0 Å². The van der Waals surface area contributed by atoms with Gasteiger partial charge >= 0.3 is 0 Å². The second kappa shape index (κ2) is 7.68. The van der Waals surface area contributed by atoms with Gasteiger partial charge in [-0.2, -0.15) is 0 Å². The largest absolute Gasteiger partial charge is 0.497 e. The Kier molecular flexibility index (Phi) is 5.63. The smallest absolute Gasteiger partial charge is 0.251 e. The molecule has 0 aromatic heterocycles. The lowest BCUT2D eigenvalue weighted by Crippen LogP contribution is -2.31. The van der Waals surface area contributed by atoms with E-state index in [0.29, 0.717) is 5.56 Å². The fraction of sp³-hybridized carbons (Fsp3) is 0.316. The van der Waals surface area contributed by atoms with E-state index in [0.717, 1.165) is 17.1 Å². The first-order valence-electron chi connectivity index (χ1n) is 7.64. The summed E-state index contributed by atoms with van der Waals surface area (Å²) < 4.78 is 10.3. The van der Waals surface area contributed by atoms with E-state index in [2.05, 4.69) is 19.2 Å². The zero-order valence-corrected chi connectivity index (χ0v) is 14.0. The Balaban J connectivity index is 2.15. The summed E-state index contributed by atoms with van der Waals surface area (Å²) in [5.74, 6) is 1.71. The van der Waals surface area contributed by atoms with Gasteiger partial charge in [0, 0.05) is 5.56 Å². The molecule has 0 saturated carbocycles. The van der Waals surface area contributed by atoms with Gasteiger partial charge in [0.15, 0.2) is 0 Å². The van der Waals surface area contributed by atoms with Gasteiger partial charge in [-0.3, -0.25) is 4.79 Å². The van der Waals surface area contributed by atoms with Crippen LogP contribution in [0.5, 0.6) is 11.5 Å². The van der Waals surface area contributed by atoms with Gasteiger partial charge in [0.05, 0.1) is 20.3 Å². The number of rotatable bonds is 6.